The molecule has 1 heterocycles. The predicted molar refractivity (Wildman–Crippen MR) is 362 cm³/mol. The molecule has 1 saturated heterocycles. The van der Waals surface area contributed by atoms with E-state index in [-0.39, 0.29) is 61.8 Å². The van der Waals surface area contributed by atoms with Gasteiger partial charge in [0.25, 0.3) is 5.91 Å². The lowest BCUT2D eigenvalue weighted by Crippen LogP contribution is -2.64. The van der Waals surface area contributed by atoms with Gasteiger partial charge in [-0.3, -0.25) is 52.7 Å². The molecule has 1 aliphatic heterocycles. The Labute approximate surface area is 560 Å². The summed E-state index contributed by atoms with van der Waals surface area (Å²) in [6, 6.07) is -13.1. The van der Waals surface area contributed by atoms with E-state index in [1.807, 2.05) is 41.5 Å². The fraction of sp³-hybridized carbons (Fsp3) is 0.806. The Morgan fingerprint density at radius 2 is 1.00 bits per heavy atom. The summed E-state index contributed by atoms with van der Waals surface area (Å²) in [7, 11) is 11.7. The third-order valence-corrected chi connectivity index (χ3v) is 19.6. The molecule has 26 heteroatoms. The molecule has 0 bridgehead atoms. The normalized spacial score (nSPS) is 27.7. The molecule has 532 valence electrons. The first-order chi connectivity index (χ1) is 42.9. The van der Waals surface area contributed by atoms with Crippen molar-refractivity contribution in [3.05, 3.63) is 12.2 Å². The Balaban J connectivity index is 3.12. The summed E-state index contributed by atoms with van der Waals surface area (Å²) in [5.41, 5.74) is -1.96. The van der Waals surface area contributed by atoms with Gasteiger partial charge in [0.15, 0.2) is 5.37 Å². The van der Waals surface area contributed by atoms with Crippen molar-refractivity contribution in [2.75, 3.05) is 62.1 Å². The summed E-state index contributed by atoms with van der Waals surface area (Å²) in [6.07, 6.45) is 3.89. The Kier molecular flexibility index (Phi) is 32.5. The maximum atomic E-state index is 15.4. The number of likely N-dealkylation sites (N-methyl/N-ethyl adjacent to an activating group) is 7. The van der Waals surface area contributed by atoms with E-state index in [9.17, 15) is 34.2 Å². The number of aliphatic hydroxyl groups is 2. The zero-order valence-electron chi connectivity index (χ0n) is 60.8. The van der Waals surface area contributed by atoms with E-state index in [4.69, 9.17) is 0 Å². The largest absolute Gasteiger partial charge is 0.390 e. The van der Waals surface area contributed by atoms with Crippen LogP contribution >= 0.6 is 11.8 Å². The average Bonchev–Trinajstić information content (AvgIpc) is 1.67. The monoisotopic (exact) mass is 1330 g/mol. The number of nitrogens with zero attached hydrogens (tertiary/aromatic N) is 7. The fourth-order valence-corrected chi connectivity index (χ4v) is 13.3. The molecule has 1 unspecified atom stereocenters. The third kappa shape index (κ3) is 22.9. The van der Waals surface area contributed by atoms with Crippen molar-refractivity contribution in [3.63, 3.8) is 0 Å². The van der Waals surface area contributed by atoms with Gasteiger partial charge in [-0.2, -0.15) is 0 Å². The van der Waals surface area contributed by atoms with Crippen LogP contribution in [-0.2, 0) is 52.7 Å². The van der Waals surface area contributed by atoms with Gasteiger partial charge in [0, 0.05) is 67.0 Å². The molecule has 0 spiro atoms. The highest BCUT2D eigenvalue weighted by atomic mass is 32.2. The van der Waals surface area contributed by atoms with Gasteiger partial charge in [0.05, 0.1) is 11.7 Å². The number of rotatable bonds is 19. The van der Waals surface area contributed by atoms with Crippen LogP contribution < -0.4 is 26.6 Å². The minimum Gasteiger partial charge on any atom is -0.390 e. The standard InChI is InChI=1S/C67H120N12O13S/c1-26-28-29-42(13)53(80)52-57(84)71-45(27-2)59(86)79(25)65(93-36-67(68-18)30-31-67)64(91)76(22)49(35-66(16,17)92)56(83)72-50(40(9)10)62(89)73(19)46(32-37(3)4)55(82)69-43(14)54(81)70-44(15)58(85)74(20)47(33-38(5)6)60(87)75(21)48(34-39(7)8)61(88)77(23)51(41(11)12)63(90)78(52)24/h26,28,37-53,65,68,80,92H,27,29-36H2,1-25H3,(H,69,82)(H,70,81)(H,71,84)(H,72,83)/b28-26+/t42-,43-,44+,45-,46-,47-,48-,49+,50-,51-,52?,53-,65-/m1/s1. The lowest BCUT2D eigenvalue weighted by molar-refractivity contribution is -0.157. The molecular formula is C67H120N12O13S. The minimum atomic E-state index is -1.66. The SMILES string of the molecule is C/C=C/C[C@@H](C)[C@@H](O)C1C(=O)N[C@H](CC)C(=O)N(C)[C@H](SCC2(NC)CC2)C(=O)N(C)[C@@H](CC(C)(C)O)C(=O)N[C@H](C(C)C)C(=O)N(C)[C@H](CC(C)C)C(=O)N[C@H](C)C(=O)N[C@@H](C)C(=O)N(C)[C@H](CC(C)C)C(=O)N(C)[C@H](CC(C)C)C(=O)N(C)[C@H](C(C)C)C(=O)N1C. The Hall–Kier alpha value is -5.86. The maximum Gasteiger partial charge on any atom is 0.256 e. The summed E-state index contributed by atoms with van der Waals surface area (Å²) in [5, 5.41) is 36.7. The van der Waals surface area contributed by atoms with E-state index >= 15 is 28.8 Å². The molecule has 25 nitrogen and oxygen atoms in total. The lowest BCUT2D eigenvalue weighted by Gasteiger charge is -2.41. The van der Waals surface area contributed by atoms with E-state index in [0.29, 0.717) is 5.75 Å². The van der Waals surface area contributed by atoms with E-state index in [0.717, 1.165) is 34.4 Å². The third-order valence-electron chi connectivity index (χ3n) is 18.1. The van der Waals surface area contributed by atoms with Gasteiger partial charge in [-0.05, 0) is 122 Å². The molecule has 0 aromatic rings. The van der Waals surface area contributed by atoms with Gasteiger partial charge in [0.1, 0.15) is 60.4 Å². The first-order valence-electron chi connectivity index (χ1n) is 33.3. The number of amides is 11. The first-order valence-corrected chi connectivity index (χ1v) is 34.3. The second-order valence-corrected chi connectivity index (χ2v) is 29.9. The highest BCUT2D eigenvalue weighted by Gasteiger charge is 2.48. The van der Waals surface area contributed by atoms with Crippen LogP contribution in [-0.4, -0.2) is 255 Å². The summed E-state index contributed by atoms with van der Waals surface area (Å²) >= 11 is 1.14. The van der Waals surface area contributed by atoms with Crippen molar-refractivity contribution in [1.82, 2.24) is 60.9 Å². The fourth-order valence-electron chi connectivity index (χ4n) is 11.7. The molecule has 11 amide bonds. The summed E-state index contributed by atoms with van der Waals surface area (Å²) < 4.78 is 0. The average molecular weight is 1330 g/mol. The van der Waals surface area contributed by atoms with Crippen LogP contribution in [0.2, 0.25) is 0 Å². The molecule has 7 N–H and O–H groups in total. The molecule has 0 aromatic carbocycles. The highest BCUT2D eigenvalue weighted by molar-refractivity contribution is 8.00. The Morgan fingerprint density at radius 1 is 0.548 bits per heavy atom. The zero-order valence-corrected chi connectivity index (χ0v) is 61.7. The van der Waals surface area contributed by atoms with Crippen molar-refractivity contribution in [2.24, 2.45) is 35.5 Å². The summed E-state index contributed by atoms with van der Waals surface area (Å²) in [5.74, 6) is -9.97. The Morgan fingerprint density at radius 3 is 1.45 bits per heavy atom. The molecular weight excluding hydrogens is 1210 g/mol. The van der Waals surface area contributed by atoms with Gasteiger partial charge < -0.3 is 71.1 Å². The number of allylic oxidation sites excluding steroid dienone is 2. The Bertz CT molecular complexity index is 2610. The van der Waals surface area contributed by atoms with Crippen molar-refractivity contribution < 1.29 is 63.0 Å². The highest BCUT2D eigenvalue weighted by Crippen LogP contribution is 2.40. The van der Waals surface area contributed by atoms with Gasteiger partial charge in [-0.1, -0.05) is 95.2 Å². The summed E-state index contributed by atoms with van der Waals surface area (Å²) in [4.78, 5) is 172. The molecule has 0 radical (unpaired) electrons. The van der Waals surface area contributed by atoms with Crippen LogP contribution in [0, 0.1) is 35.5 Å². The predicted octanol–water partition coefficient (Wildman–Crippen LogP) is 3.20. The quantitative estimate of drug-likeness (QED) is 0.0914. The molecule has 13 atom stereocenters. The molecule has 2 rings (SSSR count). The van der Waals surface area contributed by atoms with Gasteiger partial charge in [-0.15, -0.1) is 11.8 Å². The van der Waals surface area contributed by atoms with E-state index < -0.39 is 160 Å². The second kappa shape index (κ2) is 36.3. The smallest absolute Gasteiger partial charge is 0.256 e. The van der Waals surface area contributed by atoms with Gasteiger partial charge in [-0.25, -0.2) is 0 Å². The van der Waals surface area contributed by atoms with E-state index in [2.05, 4.69) is 26.6 Å². The summed E-state index contributed by atoms with van der Waals surface area (Å²) in [6.45, 7) is 28.9. The lowest BCUT2D eigenvalue weighted by atomic mass is 9.91. The maximum absolute atomic E-state index is 15.4. The molecule has 1 aliphatic carbocycles. The minimum absolute atomic E-state index is 0.0295. The number of carbonyl (C=O) groups excluding carboxylic acids is 11. The molecule has 2 fully saturated rings. The van der Waals surface area contributed by atoms with Gasteiger partial charge >= 0.3 is 0 Å². The number of carbonyl (C=O) groups is 11. The van der Waals surface area contributed by atoms with E-state index in [1.165, 1.54) is 102 Å². The molecule has 2 aliphatic rings. The number of nitrogens with one attached hydrogen (secondary N) is 5. The molecule has 0 aromatic heterocycles. The van der Waals surface area contributed by atoms with Crippen LogP contribution in [0.15, 0.2) is 12.2 Å². The molecule has 93 heavy (non-hydrogen) atoms. The van der Waals surface area contributed by atoms with E-state index in [1.54, 1.807) is 67.7 Å². The second-order valence-electron chi connectivity index (χ2n) is 28.9. The number of aliphatic hydroxyl groups excluding tert-OH is 1. The van der Waals surface area contributed by atoms with Crippen molar-refractivity contribution in [1.29, 1.82) is 0 Å². The number of hydrogen-bond acceptors (Lipinski definition) is 15. The van der Waals surface area contributed by atoms with Gasteiger partial charge in [0.2, 0.25) is 59.1 Å². The van der Waals surface area contributed by atoms with Crippen molar-refractivity contribution >= 4 is 76.7 Å². The number of thioether (sulfide) groups is 1. The number of hydrogen-bond donors (Lipinski definition) is 7. The van der Waals surface area contributed by atoms with Crippen LogP contribution in [0.4, 0.5) is 0 Å². The van der Waals surface area contributed by atoms with Crippen molar-refractivity contribution in [2.45, 2.75) is 252 Å². The van der Waals surface area contributed by atoms with Crippen LogP contribution in [0.1, 0.15) is 169 Å². The zero-order chi connectivity index (χ0) is 71.8. The van der Waals surface area contributed by atoms with Crippen LogP contribution in [0.25, 0.3) is 0 Å². The van der Waals surface area contributed by atoms with Crippen LogP contribution in [0.5, 0.6) is 0 Å². The molecule has 1 saturated carbocycles. The van der Waals surface area contributed by atoms with Crippen LogP contribution in [0.3, 0.4) is 0 Å². The van der Waals surface area contributed by atoms with Crippen molar-refractivity contribution in [3.8, 4) is 0 Å². The topological polar surface area (TPSA) is 311 Å². The first kappa shape index (κ1) is 83.2.